The van der Waals surface area contributed by atoms with Gasteiger partial charge in [-0.05, 0) is 48.9 Å². The second-order valence-electron chi connectivity index (χ2n) is 6.94. The molecule has 2 aromatic carbocycles. The fraction of sp³-hybridized carbons (Fsp3) is 0.238. The fourth-order valence-corrected chi connectivity index (χ4v) is 3.25. The smallest absolute Gasteiger partial charge is 0.416 e. The Bertz CT molecular complexity index is 1060. The zero-order valence-corrected chi connectivity index (χ0v) is 15.4. The molecule has 0 spiro atoms. The Kier molecular flexibility index (Phi) is 4.77. The highest BCUT2D eigenvalue weighted by atomic mass is 19.4. The number of amides is 1. The van der Waals surface area contributed by atoms with Gasteiger partial charge in [0.15, 0.2) is 5.76 Å². The van der Waals surface area contributed by atoms with Gasteiger partial charge in [0.1, 0.15) is 11.9 Å². The molecular formula is C21H17F3N2O3. The molecule has 3 aromatic rings. The Morgan fingerprint density at radius 2 is 2.03 bits per heavy atom. The predicted octanol–water partition coefficient (Wildman–Crippen LogP) is 4.87. The van der Waals surface area contributed by atoms with Crippen LogP contribution in [0.25, 0.3) is 11.3 Å². The molecule has 1 N–H and O–H groups in total. The van der Waals surface area contributed by atoms with E-state index in [4.69, 9.17) is 9.26 Å². The van der Waals surface area contributed by atoms with Crippen molar-refractivity contribution in [2.24, 2.45) is 0 Å². The molecule has 1 unspecified atom stereocenters. The van der Waals surface area contributed by atoms with Gasteiger partial charge in [0.2, 0.25) is 5.91 Å². The van der Waals surface area contributed by atoms with Crippen LogP contribution < -0.4 is 10.1 Å². The summed E-state index contributed by atoms with van der Waals surface area (Å²) in [6.45, 7) is 2.00. The number of aromatic nitrogens is 1. The quantitative estimate of drug-likeness (QED) is 0.677. The number of halogens is 3. The lowest BCUT2D eigenvalue weighted by Crippen LogP contribution is -2.15. The number of carbonyl (C=O) groups excluding carboxylic acids is 1. The molecule has 0 aliphatic carbocycles. The fourth-order valence-electron chi connectivity index (χ4n) is 3.25. The summed E-state index contributed by atoms with van der Waals surface area (Å²) in [4.78, 5) is 12.2. The monoisotopic (exact) mass is 402 g/mol. The van der Waals surface area contributed by atoms with Gasteiger partial charge in [0.05, 0.1) is 17.7 Å². The zero-order valence-electron chi connectivity index (χ0n) is 15.4. The number of alkyl halides is 3. The van der Waals surface area contributed by atoms with Crippen LogP contribution in [0.2, 0.25) is 0 Å². The first-order chi connectivity index (χ1) is 13.8. The lowest BCUT2D eigenvalue weighted by atomic mass is 10.1. The Labute approximate surface area is 164 Å². The Morgan fingerprint density at radius 3 is 2.83 bits per heavy atom. The van der Waals surface area contributed by atoms with Crippen LogP contribution in [-0.2, 0) is 23.8 Å². The molecule has 0 radical (unpaired) electrons. The third kappa shape index (κ3) is 4.26. The number of ether oxygens (including phenoxy) is 1. The first-order valence-corrected chi connectivity index (χ1v) is 9.00. The van der Waals surface area contributed by atoms with Crippen LogP contribution in [0.3, 0.4) is 0 Å². The van der Waals surface area contributed by atoms with Gasteiger partial charge in [-0.1, -0.05) is 11.2 Å². The average Bonchev–Trinajstić information content (AvgIpc) is 3.25. The van der Waals surface area contributed by atoms with Crippen molar-refractivity contribution in [1.29, 1.82) is 0 Å². The Morgan fingerprint density at radius 1 is 1.21 bits per heavy atom. The predicted molar refractivity (Wildman–Crippen MR) is 99.5 cm³/mol. The molecule has 0 fully saturated rings. The number of anilines is 1. The molecule has 29 heavy (non-hydrogen) atoms. The molecular weight excluding hydrogens is 385 g/mol. The number of fused-ring (bicyclic) bond motifs is 1. The van der Waals surface area contributed by atoms with E-state index in [9.17, 15) is 18.0 Å². The number of nitrogens with zero attached hydrogens (tertiary/aromatic N) is 1. The molecule has 1 atom stereocenters. The minimum absolute atomic E-state index is 0.0706. The van der Waals surface area contributed by atoms with Crippen LogP contribution in [0, 0.1) is 0 Å². The highest BCUT2D eigenvalue weighted by molar-refractivity contribution is 5.92. The van der Waals surface area contributed by atoms with E-state index in [0.29, 0.717) is 11.5 Å². The molecule has 150 valence electrons. The van der Waals surface area contributed by atoms with Crippen molar-refractivity contribution in [3.63, 3.8) is 0 Å². The molecule has 1 aliphatic rings. The SMILES string of the molecule is CC1Cc2cc(-c3cc(CC(=O)Nc4cccc(C(F)(F)F)c4)no3)ccc2O1. The highest BCUT2D eigenvalue weighted by Gasteiger charge is 2.30. The molecule has 1 aromatic heterocycles. The second-order valence-corrected chi connectivity index (χ2v) is 6.94. The molecule has 0 bridgehead atoms. The van der Waals surface area contributed by atoms with E-state index in [-0.39, 0.29) is 18.2 Å². The standard InChI is InChI=1S/C21H17F3N2O3/c1-12-7-14-8-13(5-6-18(14)28-12)19-10-17(26-29-19)11-20(27)25-16-4-2-3-15(9-16)21(22,23)24/h2-6,8-10,12H,7,11H2,1H3,(H,25,27). The summed E-state index contributed by atoms with van der Waals surface area (Å²) in [6.07, 6.45) is -3.65. The van der Waals surface area contributed by atoms with Crippen LogP contribution in [0.4, 0.5) is 18.9 Å². The van der Waals surface area contributed by atoms with E-state index >= 15 is 0 Å². The lowest BCUT2D eigenvalue weighted by molar-refractivity contribution is -0.137. The number of rotatable bonds is 4. The van der Waals surface area contributed by atoms with Crippen LogP contribution in [0.15, 0.2) is 53.1 Å². The van der Waals surface area contributed by atoms with Crippen molar-refractivity contribution < 1.29 is 27.2 Å². The maximum absolute atomic E-state index is 12.8. The van der Waals surface area contributed by atoms with Crippen LogP contribution in [0.5, 0.6) is 5.75 Å². The number of benzene rings is 2. The van der Waals surface area contributed by atoms with E-state index in [1.165, 1.54) is 12.1 Å². The average molecular weight is 402 g/mol. The summed E-state index contributed by atoms with van der Waals surface area (Å²) in [6, 6.07) is 11.8. The molecule has 0 saturated carbocycles. The van der Waals surface area contributed by atoms with Gasteiger partial charge in [0.25, 0.3) is 0 Å². The summed E-state index contributed by atoms with van der Waals surface area (Å²) >= 11 is 0. The maximum Gasteiger partial charge on any atom is 0.416 e. The van der Waals surface area contributed by atoms with Gasteiger partial charge in [-0.25, -0.2) is 0 Å². The summed E-state index contributed by atoms with van der Waals surface area (Å²) < 4.78 is 49.3. The molecule has 0 saturated heterocycles. The zero-order chi connectivity index (χ0) is 20.6. The number of carbonyl (C=O) groups is 1. The Hall–Kier alpha value is -3.29. The van der Waals surface area contributed by atoms with Crippen molar-refractivity contribution in [2.75, 3.05) is 5.32 Å². The molecule has 4 rings (SSSR count). The van der Waals surface area contributed by atoms with E-state index in [1.54, 1.807) is 6.07 Å². The van der Waals surface area contributed by atoms with Gasteiger partial charge in [0, 0.05) is 23.7 Å². The summed E-state index contributed by atoms with van der Waals surface area (Å²) in [5.41, 5.74) is 1.53. The topological polar surface area (TPSA) is 64.4 Å². The van der Waals surface area contributed by atoms with Gasteiger partial charge in [-0.2, -0.15) is 13.2 Å². The minimum atomic E-state index is -4.47. The van der Waals surface area contributed by atoms with Crippen molar-refractivity contribution in [3.05, 3.63) is 65.4 Å². The summed E-state index contributed by atoms with van der Waals surface area (Å²) in [7, 11) is 0. The summed E-state index contributed by atoms with van der Waals surface area (Å²) in [5, 5.41) is 6.35. The van der Waals surface area contributed by atoms with Gasteiger partial charge in [-0.15, -0.1) is 0 Å². The molecule has 1 aliphatic heterocycles. The van der Waals surface area contributed by atoms with E-state index in [0.717, 1.165) is 35.4 Å². The van der Waals surface area contributed by atoms with Crippen molar-refractivity contribution in [3.8, 4) is 17.1 Å². The molecule has 1 amide bonds. The third-order valence-electron chi connectivity index (χ3n) is 4.55. The van der Waals surface area contributed by atoms with Crippen molar-refractivity contribution in [1.82, 2.24) is 5.16 Å². The normalized spacial score (nSPS) is 15.7. The van der Waals surface area contributed by atoms with E-state index < -0.39 is 17.6 Å². The van der Waals surface area contributed by atoms with Crippen LogP contribution in [-0.4, -0.2) is 17.2 Å². The maximum atomic E-state index is 12.8. The van der Waals surface area contributed by atoms with Gasteiger partial charge in [-0.3, -0.25) is 4.79 Å². The number of hydrogen-bond acceptors (Lipinski definition) is 4. The van der Waals surface area contributed by atoms with Crippen molar-refractivity contribution in [2.45, 2.75) is 32.0 Å². The van der Waals surface area contributed by atoms with E-state index in [2.05, 4.69) is 10.5 Å². The van der Waals surface area contributed by atoms with E-state index in [1.807, 2.05) is 25.1 Å². The molecule has 5 nitrogen and oxygen atoms in total. The largest absolute Gasteiger partial charge is 0.490 e. The van der Waals surface area contributed by atoms with Gasteiger partial charge >= 0.3 is 6.18 Å². The summed E-state index contributed by atoms with van der Waals surface area (Å²) in [5.74, 6) is 0.871. The molecule has 2 heterocycles. The number of nitrogens with one attached hydrogen (secondary N) is 1. The highest BCUT2D eigenvalue weighted by Crippen LogP contribution is 2.33. The number of hydrogen-bond donors (Lipinski definition) is 1. The van der Waals surface area contributed by atoms with Crippen LogP contribution in [0.1, 0.15) is 23.7 Å². The third-order valence-corrected chi connectivity index (χ3v) is 4.55. The lowest BCUT2D eigenvalue weighted by Gasteiger charge is -2.09. The van der Waals surface area contributed by atoms with Crippen LogP contribution >= 0.6 is 0 Å². The first kappa shape index (κ1) is 19.0. The van der Waals surface area contributed by atoms with Gasteiger partial charge < -0.3 is 14.6 Å². The molecule has 8 heteroatoms. The van der Waals surface area contributed by atoms with Crippen molar-refractivity contribution >= 4 is 11.6 Å². The Balaban J connectivity index is 1.43. The first-order valence-electron chi connectivity index (χ1n) is 9.00. The minimum Gasteiger partial charge on any atom is -0.490 e. The second kappa shape index (κ2) is 7.27.